The van der Waals surface area contributed by atoms with Crippen molar-refractivity contribution in [2.75, 3.05) is 38.7 Å². The van der Waals surface area contributed by atoms with Gasteiger partial charge in [-0.05, 0) is 13.0 Å². The van der Waals surface area contributed by atoms with Crippen molar-refractivity contribution in [3.63, 3.8) is 0 Å². The number of methoxy groups -OCH3 is 1. The summed E-state index contributed by atoms with van der Waals surface area (Å²) in [6, 6.07) is 1.67. The highest BCUT2D eigenvalue weighted by molar-refractivity contribution is 8.15. The van der Waals surface area contributed by atoms with Crippen LogP contribution >= 0.6 is 23.1 Å². The molecule has 1 saturated heterocycles. The van der Waals surface area contributed by atoms with E-state index in [9.17, 15) is 14.4 Å². The molecule has 3 rings (SSSR count). The highest BCUT2D eigenvalue weighted by Crippen LogP contribution is 2.31. The number of amidine groups is 1. The summed E-state index contributed by atoms with van der Waals surface area (Å²) in [5, 5.41) is 3.26. The van der Waals surface area contributed by atoms with Gasteiger partial charge in [0.1, 0.15) is 10.3 Å². The Bertz CT molecular complexity index is 755. The van der Waals surface area contributed by atoms with Gasteiger partial charge in [-0.2, -0.15) is 4.99 Å². The van der Waals surface area contributed by atoms with Gasteiger partial charge in [-0.15, -0.1) is 11.3 Å². The summed E-state index contributed by atoms with van der Waals surface area (Å²) in [6.45, 7) is 4.43. The third kappa shape index (κ3) is 4.25. The minimum Gasteiger partial charge on any atom is -0.465 e. The van der Waals surface area contributed by atoms with Crippen LogP contribution in [-0.4, -0.2) is 66.5 Å². The SMILES string of the molecule is COC(=O)c1cc(C)sc1NC(=O)CC1SC(N2CCOCC2)=NC1=O. The molecule has 3 heterocycles. The Morgan fingerprint density at radius 1 is 1.42 bits per heavy atom. The molecule has 10 heteroatoms. The normalized spacial score (nSPS) is 20.1. The molecule has 8 nitrogen and oxygen atoms in total. The van der Waals surface area contributed by atoms with Gasteiger partial charge < -0.3 is 19.7 Å². The van der Waals surface area contributed by atoms with Gasteiger partial charge in [0, 0.05) is 24.4 Å². The largest absolute Gasteiger partial charge is 0.465 e. The van der Waals surface area contributed by atoms with Crippen molar-refractivity contribution in [2.45, 2.75) is 18.6 Å². The summed E-state index contributed by atoms with van der Waals surface area (Å²) in [4.78, 5) is 43.2. The zero-order chi connectivity index (χ0) is 18.7. The molecule has 1 aromatic rings. The number of aryl methyl sites for hydroxylation is 1. The predicted octanol–water partition coefficient (Wildman–Crippen LogP) is 1.50. The number of amides is 2. The number of hydrogen-bond donors (Lipinski definition) is 1. The van der Waals surface area contributed by atoms with Crippen molar-refractivity contribution in [2.24, 2.45) is 4.99 Å². The highest BCUT2D eigenvalue weighted by Gasteiger charge is 2.33. The van der Waals surface area contributed by atoms with Crippen LogP contribution in [0.3, 0.4) is 0 Å². The van der Waals surface area contributed by atoms with Crippen LogP contribution in [0.15, 0.2) is 11.1 Å². The van der Waals surface area contributed by atoms with Crippen LogP contribution < -0.4 is 5.32 Å². The first kappa shape index (κ1) is 18.9. The van der Waals surface area contributed by atoms with Crippen molar-refractivity contribution in [3.05, 3.63) is 16.5 Å². The van der Waals surface area contributed by atoms with Crippen molar-refractivity contribution in [1.82, 2.24) is 4.90 Å². The minimum absolute atomic E-state index is 0.00159. The number of morpholine rings is 1. The van der Waals surface area contributed by atoms with Crippen molar-refractivity contribution >= 4 is 51.1 Å². The average Bonchev–Trinajstić information content (AvgIpc) is 3.17. The van der Waals surface area contributed by atoms with Gasteiger partial charge in [-0.3, -0.25) is 9.59 Å². The lowest BCUT2D eigenvalue weighted by atomic mass is 10.2. The molecular formula is C16H19N3O5S2. The van der Waals surface area contributed by atoms with Gasteiger partial charge in [0.2, 0.25) is 5.91 Å². The van der Waals surface area contributed by atoms with Crippen LogP contribution in [0.2, 0.25) is 0 Å². The number of ether oxygens (including phenoxy) is 2. The molecule has 0 aliphatic carbocycles. The lowest BCUT2D eigenvalue weighted by molar-refractivity contribution is -0.121. The summed E-state index contributed by atoms with van der Waals surface area (Å²) >= 11 is 2.60. The molecule has 2 aliphatic rings. The number of carbonyl (C=O) groups excluding carboxylic acids is 3. The van der Waals surface area contributed by atoms with Gasteiger partial charge in [0.15, 0.2) is 5.17 Å². The zero-order valence-corrected chi connectivity index (χ0v) is 16.1. The van der Waals surface area contributed by atoms with E-state index in [2.05, 4.69) is 10.3 Å². The monoisotopic (exact) mass is 397 g/mol. The molecule has 1 fully saturated rings. The smallest absolute Gasteiger partial charge is 0.340 e. The average molecular weight is 397 g/mol. The fourth-order valence-corrected chi connectivity index (χ4v) is 4.65. The molecule has 0 bridgehead atoms. The van der Waals surface area contributed by atoms with Crippen LogP contribution in [0.5, 0.6) is 0 Å². The maximum Gasteiger partial charge on any atom is 0.340 e. The Hall–Kier alpha value is -1.91. The van der Waals surface area contributed by atoms with E-state index in [0.29, 0.717) is 42.0 Å². The standard InChI is InChI=1S/C16H19N3O5S2/c1-9-7-10(15(22)23-2)14(25-9)17-12(20)8-11-13(21)18-16(26-11)19-3-5-24-6-4-19/h7,11H,3-6,8H2,1-2H3,(H,17,20). The van der Waals surface area contributed by atoms with Crippen molar-refractivity contribution in [1.29, 1.82) is 0 Å². The molecule has 2 amide bonds. The molecule has 2 aliphatic heterocycles. The molecule has 1 atom stereocenters. The summed E-state index contributed by atoms with van der Waals surface area (Å²) in [6.07, 6.45) is -0.00159. The third-order valence-corrected chi connectivity index (χ3v) is 6.07. The van der Waals surface area contributed by atoms with E-state index in [1.165, 1.54) is 30.2 Å². The number of nitrogens with zero attached hydrogens (tertiary/aromatic N) is 2. The lowest BCUT2D eigenvalue weighted by Gasteiger charge is -2.27. The van der Waals surface area contributed by atoms with Gasteiger partial charge in [0.05, 0.1) is 25.9 Å². The summed E-state index contributed by atoms with van der Waals surface area (Å²) < 4.78 is 10.0. The van der Waals surface area contributed by atoms with Crippen molar-refractivity contribution in [3.8, 4) is 0 Å². The Kier molecular flexibility index (Phi) is 5.94. The van der Waals surface area contributed by atoms with Crippen LogP contribution in [-0.2, 0) is 19.1 Å². The van der Waals surface area contributed by atoms with E-state index >= 15 is 0 Å². The molecule has 1 unspecified atom stereocenters. The number of thiophene rings is 1. The predicted molar refractivity (Wildman–Crippen MR) is 99.9 cm³/mol. The van der Waals surface area contributed by atoms with E-state index in [4.69, 9.17) is 9.47 Å². The molecular weight excluding hydrogens is 378 g/mol. The summed E-state index contributed by atoms with van der Waals surface area (Å²) in [7, 11) is 1.29. The van der Waals surface area contributed by atoms with E-state index in [0.717, 1.165) is 4.88 Å². The van der Waals surface area contributed by atoms with Crippen LogP contribution in [0, 0.1) is 6.92 Å². The number of thioether (sulfide) groups is 1. The number of nitrogens with one attached hydrogen (secondary N) is 1. The number of hydrogen-bond acceptors (Lipinski definition) is 8. The first-order valence-electron chi connectivity index (χ1n) is 8.08. The molecule has 26 heavy (non-hydrogen) atoms. The quantitative estimate of drug-likeness (QED) is 0.769. The third-order valence-electron chi connectivity index (χ3n) is 3.89. The Labute approximate surface area is 158 Å². The second-order valence-electron chi connectivity index (χ2n) is 5.78. The fourth-order valence-electron chi connectivity index (χ4n) is 2.61. The van der Waals surface area contributed by atoms with Crippen LogP contribution in [0.4, 0.5) is 5.00 Å². The number of aliphatic imine (C=N–C) groups is 1. The fraction of sp³-hybridized carbons (Fsp3) is 0.500. The Balaban J connectivity index is 1.59. The first-order valence-corrected chi connectivity index (χ1v) is 9.78. The van der Waals surface area contributed by atoms with E-state index in [1.807, 2.05) is 11.8 Å². The van der Waals surface area contributed by atoms with E-state index in [-0.39, 0.29) is 18.2 Å². The highest BCUT2D eigenvalue weighted by atomic mass is 32.2. The van der Waals surface area contributed by atoms with Gasteiger partial charge >= 0.3 is 5.97 Å². The number of anilines is 1. The first-order chi connectivity index (χ1) is 12.5. The zero-order valence-electron chi connectivity index (χ0n) is 14.4. The van der Waals surface area contributed by atoms with Crippen LogP contribution in [0.25, 0.3) is 0 Å². The maximum absolute atomic E-state index is 12.4. The summed E-state index contributed by atoms with van der Waals surface area (Å²) in [5.41, 5.74) is 0.319. The van der Waals surface area contributed by atoms with E-state index in [1.54, 1.807) is 6.07 Å². The topological polar surface area (TPSA) is 97.3 Å². The van der Waals surface area contributed by atoms with Gasteiger partial charge in [-0.1, -0.05) is 11.8 Å². The lowest BCUT2D eigenvalue weighted by Crippen LogP contribution is -2.39. The van der Waals surface area contributed by atoms with Crippen molar-refractivity contribution < 1.29 is 23.9 Å². The second kappa shape index (κ2) is 8.19. The second-order valence-corrected chi connectivity index (χ2v) is 8.21. The molecule has 1 aromatic heterocycles. The number of rotatable bonds is 4. The molecule has 140 valence electrons. The van der Waals surface area contributed by atoms with E-state index < -0.39 is 11.2 Å². The van der Waals surface area contributed by atoms with Crippen LogP contribution in [0.1, 0.15) is 21.7 Å². The molecule has 0 radical (unpaired) electrons. The summed E-state index contributed by atoms with van der Waals surface area (Å²) in [5.74, 6) is -1.14. The van der Waals surface area contributed by atoms with Gasteiger partial charge in [0.25, 0.3) is 5.91 Å². The maximum atomic E-state index is 12.4. The minimum atomic E-state index is -0.546. The Morgan fingerprint density at radius 3 is 2.85 bits per heavy atom. The molecule has 0 saturated carbocycles. The Morgan fingerprint density at radius 2 is 2.15 bits per heavy atom. The number of carbonyl (C=O) groups is 3. The molecule has 0 aromatic carbocycles. The number of esters is 1. The van der Waals surface area contributed by atoms with Gasteiger partial charge in [-0.25, -0.2) is 4.79 Å². The molecule has 1 N–H and O–H groups in total. The molecule has 0 spiro atoms.